The molecular weight excluding hydrogens is 281 g/mol. The molecule has 0 radical (unpaired) electrons. The third-order valence-corrected chi connectivity index (χ3v) is 4.86. The smallest absolute Gasteiger partial charge is 0.228 e. The van der Waals surface area contributed by atoms with Gasteiger partial charge in [0.1, 0.15) is 6.17 Å². The molecule has 2 saturated carbocycles. The number of halogens is 1. The summed E-state index contributed by atoms with van der Waals surface area (Å²) in [4.78, 5) is 16.3. The minimum atomic E-state index is -0.679. The van der Waals surface area contributed by atoms with Gasteiger partial charge < -0.3 is 9.88 Å². The van der Waals surface area contributed by atoms with Crippen LogP contribution in [0.15, 0.2) is 42.9 Å². The van der Waals surface area contributed by atoms with Crippen LogP contribution in [0.1, 0.15) is 24.8 Å². The molecule has 2 aliphatic carbocycles. The summed E-state index contributed by atoms with van der Waals surface area (Å²) in [6, 6.07) is 10.1. The van der Waals surface area contributed by atoms with Crippen molar-refractivity contribution in [3.05, 3.63) is 48.4 Å². The number of hydrogen-bond donors (Lipinski definition) is 1. The van der Waals surface area contributed by atoms with Gasteiger partial charge in [0.2, 0.25) is 5.91 Å². The second kappa shape index (κ2) is 4.93. The minimum absolute atomic E-state index is 0.0327. The van der Waals surface area contributed by atoms with Crippen LogP contribution in [0.4, 0.5) is 10.2 Å². The van der Waals surface area contributed by atoms with Crippen LogP contribution in [0.2, 0.25) is 0 Å². The first kappa shape index (κ1) is 13.5. The zero-order valence-electron chi connectivity index (χ0n) is 12.2. The van der Waals surface area contributed by atoms with E-state index in [2.05, 4.69) is 22.4 Å². The molecule has 0 saturated heterocycles. The minimum Gasteiger partial charge on any atom is -0.331 e. The van der Waals surface area contributed by atoms with E-state index in [-0.39, 0.29) is 17.2 Å². The lowest BCUT2D eigenvalue weighted by Gasteiger charge is -2.34. The third-order valence-electron chi connectivity index (χ3n) is 4.86. The van der Waals surface area contributed by atoms with Crippen LogP contribution < -0.4 is 5.32 Å². The molecule has 5 heteroatoms. The first-order chi connectivity index (χ1) is 10.6. The van der Waals surface area contributed by atoms with Gasteiger partial charge >= 0.3 is 0 Å². The lowest BCUT2D eigenvalue weighted by molar-refractivity contribution is -0.124. The number of hydrogen-bond acceptors (Lipinski definition) is 2. The molecule has 2 aliphatic rings. The van der Waals surface area contributed by atoms with Gasteiger partial charge in [-0.2, -0.15) is 0 Å². The SMILES string of the molecule is O=C(Nc1cn(Cc2ccccc2)cn1)C1CC2(C1)CC2F. The topological polar surface area (TPSA) is 46.9 Å². The molecule has 0 aliphatic heterocycles. The molecule has 1 N–H and O–H groups in total. The van der Waals surface area contributed by atoms with Gasteiger partial charge in [0.05, 0.1) is 6.33 Å². The molecule has 1 aromatic heterocycles. The molecule has 1 aromatic carbocycles. The van der Waals surface area contributed by atoms with Crippen molar-refractivity contribution in [3.63, 3.8) is 0 Å². The second-order valence-corrected chi connectivity index (χ2v) is 6.55. The van der Waals surface area contributed by atoms with Crippen LogP contribution in [0, 0.1) is 11.3 Å². The summed E-state index contributed by atoms with van der Waals surface area (Å²) in [6.07, 6.45) is 4.87. The number of carbonyl (C=O) groups excluding carboxylic acids is 1. The van der Waals surface area contributed by atoms with Crippen LogP contribution in [-0.2, 0) is 11.3 Å². The Morgan fingerprint density at radius 2 is 2.05 bits per heavy atom. The van der Waals surface area contributed by atoms with Crippen LogP contribution in [0.5, 0.6) is 0 Å². The molecule has 2 fully saturated rings. The number of imidazole rings is 1. The maximum Gasteiger partial charge on any atom is 0.228 e. The van der Waals surface area contributed by atoms with Crippen molar-refractivity contribution in [1.29, 1.82) is 0 Å². The Morgan fingerprint density at radius 3 is 2.73 bits per heavy atom. The van der Waals surface area contributed by atoms with E-state index in [0.717, 1.165) is 6.54 Å². The van der Waals surface area contributed by atoms with Gasteiger partial charge in [-0.15, -0.1) is 0 Å². The molecule has 1 spiro atoms. The molecule has 2 aromatic rings. The van der Waals surface area contributed by atoms with E-state index in [1.54, 1.807) is 6.33 Å². The molecule has 4 nitrogen and oxygen atoms in total. The molecular formula is C17H18FN3O. The van der Waals surface area contributed by atoms with E-state index in [1.807, 2.05) is 29.0 Å². The fourth-order valence-corrected chi connectivity index (χ4v) is 3.36. The predicted molar refractivity (Wildman–Crippen MR) is 81.1 cm³/mol. The van der Waals surface area contributed by atoms with Gasteiger partial charge in [-0.3, -0.25) is 4.79 Å². The van der Waals surface area contributed by atoms with E-state index in [9.17, 15) is 9.18 Å². The normalized spacial score (nSPS) is 29.1. The standard InChI is InChI=1S/C17H18FN3O/c18-14-8-17(14)6-13(7-17)16(22)20-15-10-21(11-19-15)9-12-4-2-1-3-5-12/h1-5,10-11,13-14H,6-9H2,(H,20,22). The Kier molecular flexibility index (Phi) is 3.03. The van der Waals surface area contributed by atoms with E-state index >= 15 is 0 Å². The van der Waals surface area contributed by atoms with Gasteiger partial charge in [-0.05, 0) is 24.8 Å². The lowest BCUT2D eigenvalue weighted by atomic mass is 9.71. The van der Waals surface area contributed by atoms with E-state index < -0.39 is 6.17 Å². The highest BCUT2D eigenvalue weighted by Gasteiger charge is 2.63. The van der Waals surface area contributed by atoms with E-state index in [0.29, 0.717) is 25.1 Å². The Morgan fingerprint density at radius 1 is 1.32 bits per heavy atom. The van der Waals surface area contributed by atoms with Gasteiger partial charge in [0.25, 0.3) is 0 Å². The van der Waals surface area contributed by atoms with Gasteiger partial charge in [0.15, 0.2) is 5.82 Å². The number of benzene rings is 1. The van der Waals surface area contributed by atoms with Gasteiger partial charge in [-0.1, -0.05) is 30.3 Å². The average Bonchev–Trinajstić information content (AvgIpc) is 2.96. The summed E-state index contributed by atoms with van der Waals surface area (Å²) in [5, 5.41) is 2.84. The molecule has 4 rings (SSSR count). The van der Waals surface area contributed by atoms with Crippen molar-refractivity contribution in [2.45, 2.75) is 32.0 Å². The maximum atomic E-state index is 13.1. The maximum absolute atomic E-state index is 13.1. The first-order valence-electron chi connectivity index (χ1n) is 7.65. The van der Waals surface area contributed by atoms with Crippen molar-refractivity contribution in [2.24, 2.45) is 11.3 Å². The molecule has 1 amide bonds. The number of anilines is 1. The summed E-state index contributed by atoms with van der Waals surface area (Å²) in [5.74, 6) is 0.476. The van der Waals surface area contributed by atoms with Crippen LogP contribution in [-0.4, -0.2) is 21.6 Å². The molecule has 114 valence electrons. The van der Waals surface area contributed by atoms with Crippen LogP contribution in [0.25, 0.3) is 0 Å². The Hall–Kier alpha value is -2.17. The molecule has 1 atom stereocenters. The zero-order valence-corrected chi connectivity index (χ0v) is 12.2. The Labute approximate surface area is 128 Å². The predicted octanol–water partition coefficient (Wildman–Crippen LogP) is 3.01. The highest BCUT2D eigenvalue weighted by molar-refractivity contribution is 5.92. The number of rotatable bonds is 4. The van der Waals surface area contributed by atoms with Crippen molar-refractivity contribution >= 4 is 11.7 Å². The van der Waals surface area contributed by atoms with E-state index in [4.69, 9.17) is 0 Å². The number of alkyl halides is 1. The number of nitrogens with zero attached hydrogens (tertiary/aromatic N) is 2. The number of nitrogens with one attached hydrogen (secondary N) is 1. The van der Waals surface area contributed by atoms with E-state index in [1.165, 1.54) is 5.56 Å². The van der Waals surface area contributed by atoms with Gasteiger partial charge in [0, 0.05) is 24.1 Å². The fraction of sp³-hybridized carbons (Fsp3) is 0.412. The largest absolute Gasteiger partial charge is 0.331 e. The zero-order chi connectivity index (χ0) is 15.2. The van der Waals surface area contributed by atoms with Crippen molar-refractivity contribution in [1.82, 2.24) is 9.55 Å². The number of aromatic nitrogens is 2. The summed E-state index contributed by atoms with van der Waals surface area (Å²) in [5.41, 5.74) is 1.04. The summed E-state index contributed by atoms with van der Waals surface area (Å²) < 4.78 is 15.1. The third kappa shape index (κ3) is 2.40. The second-order valence-electron chi connectivity index (χ2n) is 6.55. The summed E-state index contributed by atoms with van der Waals surface area (Å²) >= 11 is 0. The Balaban J connectivity index is 1.33. The first-order valence-corrected chi connectivity index (χ1v) is 7.65. The average molecular weight is 299 g/mol. The summed E-state index contributed by atoms with van der Waals surface area (Å²) in [6.45, 7) is 0.722. The van der Waals surface area contributed by atoms with Crippen molar-refractivity contribution in [3.8, 4) is 0 Å². The lowest BCUT2D eigenvalue weighted by Crippen LogP contribution is -2.37. The van der Waals surface area contributed by atoms with Crippen molar-refractivity contribution in [2.75, 3.05) is 5.32 Å². The van der Waals surface area contributed by atoms with Crippen LogP contribution >= 0.6 is 0 Å². The molecule has 22 heavy (non-hydrogen) atoms. The van der Waals surface area contributed by atoms with Crippen molar-refractivity contribution < 1.29 is 9.18 Å². The molecule has 1 unspecified atom stereocenters. The number of amides is 1. The van der Waals surface area contributed by atoms with Crippen LogP contribution in [0.3, 0.4) is 0 Å². The quantitative estimate of drug-likeness (QED) is 0.943. The monoisotopic (exact) mass is 299 g/mol. The van der Waals surface area contributed by atoms with Gasteiger partial charge in [-0.25, -0.2) is 9.37 Å². The Bertz CT molecular complexity index is 691. The molecule has 1 heterocycles. The highest BCUT2D eigenvalue weighted by Crippen LogP contribution is 2.64. The highest BCUT2D eigenvalue weighted by atomic mass is 19.1. The summed E-state index contributed by atoms with van der Waals surface area (Å²) in [7, 11) is 0. The number of carbonyl (C=O) groups is 1. The molecule has 0 bridgehead atoms. The fourth-order valence-electron chi connectivity index (χ4n) is 3.36.